The Hall–Kier alpha value is -5.48. The van der Waals surface area contributed by atoms with E-state index in [-0.39, 0.29) is 11.5 Å². The van der Waals surface area contributed by atoms with Crippen LogP contribution in [0.4, 0.5) is 23.0 Å². The number of methoxy groups -OCH3 is 1. The Bertz CT molecular complexity index is 1950. The lowest BCUT2D eigenvalue weighted by atomic mass is 10.00. The minimum atomic E-state index is -0.348. The van der Waals surface area contributed by atoms with Gasteiger partial charge in [0.2, 0.25) is 11.9 Å². The molecule has 45 heavy (non-hydrogen) atoms. The molecule has 1 saturated heterocycles. The third kappa shape index (κ3) is 6.00. The largest absolute Gasteiger partial charge is 0.494 e. The van der Waals surface area contributed by atoms with Crippen molar-refractivity contribution in [3.63, 3.8) is 0 Å². The number of aromatic nitrogens is 3. The number of ether oxygens (including phenoxy) is 1. The summed E-state index contributed by atoms with van der Waals surface area (Å²) in [5, 5.41) is 6.80. The molecular formula is C35H35N7O3. The van der Waals surface area contributed by atoms with Crippen LogP contribution in [0.15, 0.2) is 96.4 Å². The van der Waals surface area contributed by atoms with Crippen molar-refractivity contribution >= 4 is 40.0 Å². The Balaban J connectivity index is 1.46. The van der Waals surface area contributed by atoms with Crippen LogP contribution in [0.3, 0.4) is 0 Å². The number of carbonyl (C=O) groups excluding carboxylic acids is 1. The number of nitrogens with one attached hydrogen (secondary N) is 2. The van der Waals surface area contributed by atoms with Crippen molar-refractivity contribution in [2.24, 2.45) is 0 Å². The minimum Gasteiger partial charge on any atom is -0.494 e. The van der Waals surface area contributed by atoms with Gasteiger partial charge in [0.05, 0.1) is 24.0 Å². The molecule has 2 N–H and O–H groups in total. The number of aryl methyl sites for hydroxylation is 1. The van der Waals surface area contributed by atoms with E-state index in [9.17, 15) is 9.59 Å². The molecule has 1 aliphatic heterocycles. The van der Waals surface area contributed by atoms with Crippen LogP contribution in [-0.4, -0.2) is 65.7 Å². The molecule has 10 heteroatoms. The fraction of sp³-hybridized carbons (Fsp3) is 0.200. The second-order valence-corrected chi connectivity index (χ2v) is 11.0. The molecule has 6 rings (SSSR count). The Labute approximate surface area is 261 Å². The molecule has 1 fully saturated rings. The molecule has 0 saturated carbocycles. The topological polar surface area (TPSA) is 105 Å². The lowest BCUT2D eigenvalue weighted by Gasteiger charge is -2.34. The first-order valence-electron chi connectivity index (χ1n) is 14.8. The van der Waals surface area contributed by atoms with E-state index in [0.717, 1.165) is 48.4 Å². The zero-order valence-electron chi connectivity index (χ0n) is 25.6. The van der Waals surface area contributed by atoms with E-state index in [4.69, 9.17) is 9.72 Å². The van der Waals surface area contributed by atoms with E-state index in [1.54, 1.807) is 36.1 Å². The first-order chi connectivity index (χ1) is 21.9. The molecule has 0 unspecified atom stereocenters. The van der Waals surface area contributed by atoms with Crippen molar-refractivity contribution in [3.05, 3.63) is 108 Å². The number of fused-ring (bicyclic) bond motifs is 1. The van der Waals surface area contributed by atoms with Crippen LogP contribution in [0.1, 0.15) is 5.56 Å². The second-order valence-electron chi connectivity index (χ2n) is 11.0. The molecule has 0 spiro atoms. The van der Waals surface area contributed by atoms with Crippen LogP contribution in [-0.2, 0) is 4.79 Å². The predicted molar refractivity (Wildman–Crippen MR) is 180 cm³/mol. The van der Waals surface area contributed by atoms with Gasteiger partial charge in [-0.1, -0.05) is 43.0 Å². The van der Waals surface area contributed by atoms with Crippen LogP contribution >= 0.6 is 0 Å². The predicted octanol–water partition coefficient (Wildman–Crippen LogP) is 5.38. The van der Waals surface area contributed by atoms with Crippen LogP contribution in [0.25, 0.3) is 27.8 Å². The van der Waals surface area contributed by atoms with Crippen molar-refractivity contribution in [1.82, 2.24) is 19.4 Å². The molecular weight excluding hydrogens is 566 g/mol. The minimum absolute atomic E-state index is 0.239. The fourth-order valence-electron chi connectivity index (χ4n) is 5.64. The number of likely N-dealkylation sites (N-methyl/N-ethyl adjacent to an activating group) is 1. The number of anilines is 4. The summed E-state index contributed by atoms with van der Waals surface area (Å²) in [6.45, 7) is 9.34. The first kappa shape index (κ1) is 29.6. The third-order valence-corrected chi connectivity index (χ3v) is 8.10. The van der Waals surface area contributed by atoms with Crippen molar-refractivity contribution < 1.29 is 9.53 Å². The highest BCUT2D eigenvalue weighted by Crippen LogP contribution is 2.33. The molecule has 0 aliphatic carbocycles. The summed E-state index contributed by atoms with van der Waals surface area (Å²) in [6.07, 6.45) is 2.93. The number of rotatable bonds is 8. The van der Waals surface area contributed by atoms with Gasteiger partial charge < -0.3 is 25.2 Å². The first-order valence-corrected chi connectivity index (χ1v) is 14.8. The van der Waals surface area contributed by atoms with Gasteiger partial charge in [-0.3, -0.25) is 14.2 Å². The lowest BCUT2D eigenvalue weighted by Crippen LogP contribution is -2.44. The molecule has 0 atom stereocenters. The normalized spacial score (nSPS) is 13.4. The third-order valence-electron chi connectivity index (χ3n) is 8.10. The van der Waals surface area contributed by atoms with Crippen LogP contribution in [0.2, 0.25) is 0 Å². The van der Waals surface area contributed by atoms with Gasteiger partial charge in [0.1, 0.15) is 5.75 Å². The Morgan fingerprint density at radius 3 is 2.49 bits per heavy atom. The van der Waals surface area contributed by atoms with E-state index < -0.39 is 0 Å². The van der Waals surface area contributed by atoms with Gasteiger partial charge in [0.15, 0.2) is 5.65 Å². The van der Waals surface area contributed by atoms with E-state index >= 15 is 0 Å². The molecule has 0 bridgehead atoms. The molecule has 1 amide bonds. The summed E-state index contributed by atoms with van der Waals surface area (Å²) in [7, 11) is 3.77. The Morgan fingerprint density at radius 2 is 1.76 bits per heavy atom. The van der Waals surface area contributed by atoms with Gasteiger partial charge in [0.25, 0.3) is 5.56 Å². The van der Waals surface area contributed by atoms with Gasteiger partial charge in [0, 0.05) is 55.2 Å². The summed E-state index contributed by atoms with van der Waals surface area (Å²) < 4.78 is 7.32. The molecule has 1 aliphatic rings. The summed E-state index contributed by atoms with van der Waals surface area (Å²) in [5.74, 6) is 0.623. The van der Waals surface area contributed by atoms with Crippen LogP contribution < -0.4 is 25.8 Å². The highest BCUT2D eigenvalue weighted by atomic mass is 16.5. The number of hydrogen-bond acceptors (Lipinski definition) is 8. The van der Waals surface area contributed by atoms with Crippen LogP contribution in [0, 0.1) is 6.92 Å². The molecule has 3 aromatic carbocycles. The average Bonchev–Trinajstić information content (AvgIpc) is 3.06. The van der Waals surface area contributed by atoms with Crippen molar-refractivity contribution in [2.75, 3.05) is 55.9 Å². The number of nitrogens with zero attached hydrogens (tertiary/aromatic N) is 5. The molecule has 5 aromatic rings. The quantitative estimate of drug-likeness (QED) is 0.229. The van der Waals surface area contributed by atoms with Crippen molar-refractivity contribution in [1.29, 1.82) is 0 Å². The molecule has 228 valence electrons. The molecule has 0 radical (unpaired) electrons. The van der Waals surface area contributed by atoms with Crippen molar-refractivity contribution in [3.8, 4) is 22.6 Å². The number of pyridine rings is 1. The highest BCUT2D eigenvalue weighted by Gasteiger charge is 2.20. The average molecular weight is 602 g/mol. The van der Waals surface area contributed by atoms with Crippen molar-refractivity contribution in [2.45, 2.75) is 6.92 Å². The Morgan fingerprint density at radius 1 is 0.978 bits per heavy atom. The van der Waals surface area contributed by atoms with E-state index in [2.05, 4.69) is 45.1 Å². The number of amides is 1. The Kier molecular flexibility index (Phi) is 8.30. The summed E-state index contributed by atoms with van der Waals surface area (Å²) in [5.41, 5.74) is 5.16. The van der Waals surface area contributed by atoms with Crippen LogP contribution in [0.5, 0.6) is 5.75 Å². The number of hydrogen-bond donors (Lipinski definition) is 2. The molecule has 2 aromatic heterocycles. The number of carbonyl (C=O) groups is 1. The SMILES string of the molecule is C=CC(=O)Nc1cccc(-n2c(=O)c(-c3ccccc3)c(C)c3cnc(Nc4ccc(N5CCN(C)CC5)cc4OC)nc32)c1. The molecule has 10 nitrogen and oxygen atoms in total. The zero-order chi connectivity index (χ0) is 31.5. The van der Waals surface area contributed by atoms with E-state index in [1.807, 2.05) is 55.5 Å². The number of benzene rings is 3. The second kappa shape index (κ2) is 12.6. The summed E-state index contributed by atoms with van der Waals surface area (Å²) in [6, 6.07) is 22.7. The van der Waals surface area contributed by atoms with Gasteiger partial charge >= 0.3 is 0 Å². The maximum absolute atomic E-state index is 14.3. The highest BCUT2D eigenvalue weighted by molar-refractivity contribution is 5.99. The van der Waals surface area contributed by atoms with E-state index in [0.29, 0.717) is 40.0 Å². The summed E-state index contributed by atoms with van der Waals surface area (Å²) in [4.78, 5) is 40.6. The standard InChI is InChI=1S/C35H35N7O3/c1-5-31(43)37-25-12-9-13-27(20-25)42-33-28(23(2)32(34(42)44)24-10-7-6-8-11-24)22-36-35(39-33)38-29-15-14-26(21-30(29)45-4)41-18-16-40(3)17-19-41/h5-15,20-22H,1,16-19H2,2-4H3,(H,37,43)(H,36,38,39). The van der Waals surface area contributed by atoms with Gasteiger partial charge in [-0.25, -0.2) is 4.98 Å². The van der Waals surface area contributed by atoms with Gasteiger partial charge in [-0.2, -0.15) is 4.98 Å². The van der Waals surface area contributed by atoms with Gasteiger partial charge in [-0.05, 0) is 61.5 Å². The van der Waals surface area contributed by atoms with E-state index in [1.165, 1.54) is 6.08 Å². The van der Waals surface area contributed by atoms with Gasteiger partial charge in [-0.15, -0.1) is 0 Å². The zero-order valence-corrected chi connectivity index (χ0v) is 25.6. The lowest BCUT2D eigenvalue weighted by molar-refractivity contribution is -0.111. The maximum atomic E-state index is 14.3. The smallest absolute Gasteiger partial charge is 0.264 e. The fourth-order valence-corrected chi connectivity index (χ4v) is 5.64. The monoisotopic (exact) mass is 601 g/mol. The number of piperazine rings is 1. The maximum Gasteiger partial charge on any atom is 0.264 e. The molecule has 3 heterocycles. The summed E-state index contributed by atoms with van der Waals surface area (Å²) >= 11 is 0.